The zero-order valence-electron chi connectivity index (χ0n) is 12.2. The third kappa shape index (κ3) is 2.94. The van der Waals surface area contributed by atoms with Gasteiger partial charge in [0.25, 0.3) is 0 Å². The number of aryl methyl sites for hydroxylation is 1. The van der Waals surface area contributed by atoms with E-state index in [1.54, 1.807) is 18.3 Å². The summed E-state index contributed by atoms with van der Waals surface area (Å²) in [5.74, 6) is 0.870. The number of thiophene rings is 1. The lowest BCUT2D eigenvalue weighted by molar-refractivity contribution is 0.199. The number of ether oxygens (including phenoxy) is 1. The monoisotopic (exact) mass is 298 g/mol. The van der Waals surface area contributed by atoms with Crippen LogP contribution < -0.4 is 4.74 Å². The van der Waals surface area contributed by atoms with E-state index in [4.69, 9.17) is 4.74 Å². The summed E-state index contributed by atoms with van der Waals surface area (Å²) in [6.45, 7) is 4.35. The molecule has 3 aromatic rings. The maximum Gasteiger partial charge on any atom is 0.122 e. The number of aliphatic hydroxyl groups excluding tert-OH is 1. The lowest BCUT2D eigenvalue weighted by atomic mass is 10.1. The van der Waals surface area contributed by atoms with Gasteiger partial charge in [0, 0.05) is 10.3 Å². The molecule has 1 N–H and O–H groups in total. The summed E-state index contributed by atoms with van der Waals surface area (Å²) in [5, 5.41) is 13.0. The quantitative estimate of drug-likeness (QED) is 0.746. The summed E-state index contributed by atoms with van der Waals surface area (Å²) in [6.07, 6.45) is -0.446. The van der Waals surface area contributed by atoms with Crippen molar-refractivity contribution in [3.05, 3.63) is 64.5 Å². The summed E-state index contributed by atoms with van der Waals surface area (Å²) < 4.78 is 7.24. The highest BCUT2D eigenvalue weighted by atomic mass is 32.1. The number of aliphatic hydroxyl groups is 1. The van der Waals surface area contributed by atoms with Gasteiger partial charge in [-0.15, -0.1) is 11.3 Å². The fourth-order valence-corrected chi connectivity index (χ4v) is 3.34. The van der Waals surface area contributed by atoms with Gasteiger partial charge in [0.05, 0.1) is 6.10 Å². The van der Waals surface area contributed by atoms with Gasteiger partial charge in [0.2, 0.25) is 0 Å². The molecular weight excluding hydrogens is 280 g/mol. The molecule has 3 heteroatoms. The van der Waals surface area contributed by atoms with Crippen molar-refractivity contribution in [1.29, 1.82) is 0 Å². The average molecular weight is 298 g/mol. The molecular formula is C18H18O2S. The molecule has 0 saturated heterocycles. The Balaban J connectivity index is 1.79. The normalized spacial score (nSPS) is 12.5. The highest BCUT2D eigenvalue weighted by molar-refractivity contribution is 7.17. The second-order valence-electron chi connectivity index (χ2n) is 5.25. The molecule has 0 aliphatic rings. The Morgan fingerprint density at radius 3 is 2.76 bits per heavy atom. The molecule has 0 radical (unpaired) electrons. The van der Waals surface area contributed by atoms with E-state index in [2.05, 4.69) is 29.6 Å². The smallest absolute Gasteiger partial charge is 0.122 e. The molecule has 2 nitrogen and oxygen atoms in total. The van der Waals surface area contributed by atoms with Crippen LogP contribution in [0.15, 0.2) is 47.8 Å². The predicted molar refractivity (Wildman–Crippen MR) is 88.0 cm³/mol. The fourth-order valence-electron chi connectivity index (χ4n) is 2.39. The summed E-state index contributed by atoms with van der Waals surface area (Å²) in [5.41, 5.74) is 3.18. The Hall–Kier alpha value is -1.84. The molecule has 0 bridgehead atoms. The van der Waals surface area contributed by atoms with E-state index in [9.17, 15) is 5.11 Å². The van der Waals surface area contributed by atoms with Crippen molar-refractivity contribution in [1.82, 2.24) is 0 Å². The Kier molecular flexibility index (Phi) is 3.95. The van der Waals surface area contributed by atoms with E-state index >= 15 is 0 Å². The Morgan fingerprint density at radius 2 is 2.00 bits per heavy atom. The third-order valence-electron chi connectivity index (χ3n) is 3.63. The molecule has 21 heavy (non-hydrogen) atoms. The topological polar surface area (TPSA) is 29.5 Å². The summed E-state index contributed by atoms with van der Waals surface area (Å²) >= 11 is 1.75. The van der Waals surface area contributed by atoms with Gasteiger partial charge < -0.3 is 9.84 Å². The summed E-state index contributed by atoms with van der Waals surface area (Å²) in [4.78, 5) is 0. The average Bonchev–Trinajstić information content (AvgIpc) is 2.89. The maximum atomic E-state index is 9.60. The van der Waals surface area contributed by atoms with E-state index in [-0.39, 0.29) is 0 Å². The molecule has 1 atom stereocenters. The first-order valence-electron chi connectivity index (χ1n) is 7.01. The van der Waals surface area contributed by atoms with Gasteiger partial charge in [0.1, 0.15) is 12.4 Å². The third-order valence-corrected chi connectivity index (χ3v) is 4.64. The molecule has 0 aliphatic heterocycles. The van der Waals surface area contributed by atoms with Gasteiger partial charge in [-0.25, -0.2) is 0 Å². The van der Waals surface area contributed by atoms with Crippen LogP contribution in [0.1, 0.15) is 29.7 Å². The number of benzene rings is 2. The molecule has 0 unspecified atom stereocenters. The minimum absolute atomic E-state index is 0.446. The maximum absolute atomic E-state index is 9.60. The van der Waals surface area contributed by atoms with Crippen LogP contribution in [0.3, 0.4) is 0 Å². The van der Waals surface area contributed by atoms with E-state index in [0.29, 0.717) is 6.61 Å². The second kappa shape index (κ2) is 5.88. The molecule has 0 amide bonds. The van der Waals surface area contributed by atoms with Crippen molar-refractivity contribution in [2.45, 2.75) is 26.6 Å². The predicted octanol–water partition coefficient (Wildman–Crippen LogP) is 4.84. The van der Waals surface area contributed by atoms with Crippen molar-refractivity contribution in [3.8, 4) is 5.75 Å². The van der Waals surface area contributed by atoms with Crippen LogP contribution in [0, 0.1) is 6.92 Å². The molecule has 0 spiro atoms. The first kappa shape index (κ1) is 14.1. The van der Waals surface area contributed by atoms with Crippen LogP contribution in [0.4, 0.5) is 0 Å². The lowest BCUT2D eigenvalue weighted by Crippen LogP contribution is -1.98. The standard InChI is InChI=1S/C18H18O2S/c1-12-9-14(13(2)19)7-8-17(12)20-10-15-11-21-18-6-4-3-5-16(15)18/h3-9,11,13,19H,10H2,1-2H3/t13-/m1/s1. The minimum Gasteiger partial charge on any atom is -0.489 e. The SMILES string of the molecule is Cc1cc([C@@H](C)O)ccc1OCc1csc2ccccc12. The van der Waals surface area contributed by atoms with Crippen LogP contribution in [-0.2, 0) is 6.61 Å². The largest absolute Gasteiger partial charge is 0.489 e. The second-order valence-corrected chi connectivity index (χ2v) is 6.16. The van der Waals surface area contributed by atoms with Crippen molar-refractivity contribution >= 4 is 21.4 Å². The van der Waals surface area contributed by atoms with E-state index < -0.39 is 6.10 Å². The Bertz CT molecular complexity index is 759. The minimum atomic E-state index is -0.446. The lowest BCUT2D eigenvalue weighted by Gasteiger charge is -2.11. The molecule has 0 aliphatic carbocycles. The molecule has 1 heterocycles. The Labute approximate surface area is 128 Å². The highest BCUT2D eigenvalue weighted by Gasteiger charge is 2.07. The van der Waals surface area contributed by atoms with Crippen molar-refractivity contribution < 1.29 is 9.84 Å². The van der Waals surface area contributed by atoms with Crippen LogP contribution in [0.2, 0.25) is 0 Å². The first-order valence-corrected chi connectivity index (χ1v) is 7.89. The van der Waals surface area contributed by atoms with Crippen LogP contribution >= 0.6 is 11.3 Å². The van der Waals surface area contributed by atoms with Crippen molar-refractivity contribution in [2.75, 3.05) is 0 Å². The van der Waals surface area contributed by atoms with E-state index in [1.807, 2.05) is 25.1 Å². The molecule has 0 fully saturated rings. The highest BCUT2D eigenvalue weighted by Crippen LogP contribution is 2.28. The van der Waals surface area contributed by atoms with E-state index in [1.165, 1.54) is 15.6 Å². The number of rotatable bonds is 4. The van der Waals surface area contributed by atoms with Crippen molar-refractivity contribution in [3.63, 3.8) is 0 Å². The van der Waals surface area contributed by atoms with Gasteiger partial charge in [0.15, 0.2) is 0 Å². The molecule has 2 aromatic carbocycles. The number of fused-ring (bicyclic) bond motifs is 1. The van der Waals surface area contributed by atoms with Gasteiger partial charge in [-0.2, -0.15) is 0 Å². The van der Waals surface area contributed by atoms with Gasteiger partial charge in [-0.3, -0.25) is 0 Å². The first-order chi connectivity index (χ1) is 10.1. The molecule has 3 rings (SSSR count). The fraction of sp³-hybridized carbons (Fsp3) is 0.222. The van der Waals surface area contributed by atoms with Gasteiger partial charge >= 0.3 is 0 Å². The van der Waals surface area contributed by atoms with Crippen molar-refractivity contribution in [2.24, 2.45) is 0 Å². The summed E-state index contributed by atoms with van der Waals surface area (Å²) in [6, 6.07) is 14.2. The molecule has 1 aromatic heterocycles. The van der Waals surface area contributed by atoms with Gasteiger partial charge in [-0.1, -0.05) is 24.3 Å². The molecule has 108 valence electrons. The van der Waals surface area contributed by atoms with Crippen LogP contribution in [0.25, 0.3) is 10.1 Å². The Morgan fingerprint density at radius 1 is 1.19 bits per heavy atom. The zero-order chi connectivity index (χ0) is 14.8. The van der Waals surface area contributed by atoms with E-state index in [0.717, 1.165) is 16.9 Å². The van der Waals surface area contributed by atoms with Crippen LogP contribution in [-0.4, -0.2) is 5.11 Å². The van der Waals surface area contributed by atoms with Crippen LogP contribution in [0.5, 0.6) is 5.75 Å². The van der Waals surface area contributed by atoms with Gasteiger partial charge in [-0.05, 0) is 53.9 Å². The number of hydrogen-bond acceptors (Lipinski definition) is 3. The molecule has 0 saturated carbocycles. The zero-order valence-corrected chi connectivity index (χ0v) is 13.0. The summed E-state index contributed by atoms with van der Waals surface area (Å²) in [7, 11) is 0. The number of hydrogen-bond donors (Lipinski definition) is 1.